The molecular formula is C15H23F2N. The fourth-order valence-corrected chi connectivity index (χ4v) is 2.14. The Hall–Kier alpha value is -0.960. The summed E-state index contributed by atoms with van der Waals surface area (Å²) in [5, 5.41) is 3.15. The summed E-state index contributed by atoms with van der Waals surface area (Å²) in [5.41, 5.74) is 0.201. The zero-order valence-electron chi connectivity index (χ0n) is 11.3. The van der Waals surface area contributed by atoms with Crippen LogP contribution in [0.25, 0.3) is 0 Å². The standard InChI is InChI=1S/C15H23F2N/c1-3-4-5-6-8-12(18-2)11-13-14(16)9-7-10-15(13)17/h7,9-10,12,18H,3-6,8,11H2,1-2H3. The SMILES string of the molecule is CCCCCCC(Cc1c(F)cccc1F)NC. The molecule has 1 unspecified atom stereocenters. The van der Waals surface area contributed by atoms with Gasteiger partial charge in [0.25, 0.3) is 0 Å². The summed E-state index contributed by atoms with van der Waals surface area (Å²) in [6.07, 6.45) is 6.10. The van der Waals surface area contributed by atoms with Crippen LogP contribution in [0.2, 0.25) is 0 Å². The molecule has 1 nitrogen and oxygen atoms in total. The first-order valence-electron chi connectivity index (χ1n) is 6.79. The van der Waals surface area contributed by atoms with Gasteiger partial charge in [-0.15, -0.1) is 0 Å². The Morgan fingerprint density at radius 3 is 2.33 bits per heavy atom. The summed E-state index contributed by atoms with van der Waals surface area (Å²) in [5.74, 6) is -0.882. The third kappa shape index (κ3) is 4.73. The molecule has 0 amide bonds. The Morgan fingerprint density at radius 2 is 1.78 bits per heavy atom. The summed E-state index contributed by atoms with van der Waals surface area (Å²) in [7, 11) is 1.85. The summed E-state index contributed by atoms with van der Waals surface area (Å²) in [6, 6.07) is 4.20. The summed E-state index contributed by atoms with van der Waals surface area (Å²) in [4.78, 5) is 0. The third-order valence-corrected chi connectivity index (χ3v) is 3.33. The molecule has 0 aliphatic heterocycles. The van der Waals surface area contributed by atoms with Gasteiger partial charge in [-0.2, -0.15) is 0 Å². The molecule has 0 aromatic heterocycles. The molecule has 0 fully saturated rings. The lowest BCUT2D eigenvalue weighted by Gasteiger charge is -2.17. The molecule has 0 saturated carbocycles. The van der Waals surface area contributed by atoms with Crippen LogP contribution in [-0.4, -0.2) is 13.1 Å². The number of halogens is 2. The minimum Gasteiger partial charge on any atom is -0.317 e. The van der Waals surface area contributed by atoms with Gasteiger partial charge < -0.3 is 5.32 Å². The smallest absolute Gasteiger partial charge is 0.129 e. The normalized spacial score (nSPS) is 12.7. The van der Waals surface area contributed by atoms with Gasteiger partial charge in [-0.3, -0.25) is 0 Å². The summed E-state index contributed by atoms with van der Waals surface area (Å²) < 4.78 is 27.0. The molecule has 1 N–H and O–H groups in total. The molecule has 0 aliphatic carbocycles. The number of likely N-dealkylation sites (N-methyl/N-ethyl adjacent to an activating group) is 1. The average Bonchev–Trinajstić information content (AvgIpc) is 2.36. The van der Waals surface area contributed by atoms with Gasteiger partial charge in [0.2, 0.25) is 0 Å². The molecule has 3 heteroatoms. The van der Waals surface area contributed by atoms with Crippen molar-refractivity contribution < 1.29 is 8.78 Å². The quantitative estimate of drug-likeness (QED) is 0.691. The molecule has 0 spiro atoms. The fourth-order valence-electron chi connectivity index (χ4n) is 2.14. The summed E-state index contributed by atoms with van der Waals surface area (Å²) >= 11 is 0. The third-order valence-electron chi connectivity index (χ3n) is 3.33. The maximum atomic E-state index is 13.5. The van der Waals surface area contributed by atoms with Crippen LogP contribution < -0.4 is 5.32 Å². The second kappa shape index (κ2) is 8.20. The van der Waals surface area contributed by atoms with Crippen LogP contribution in [0.1, 0.15) is 44.6 Å². The Kier molecular flexibility index (Phi) is 6.88. The van der Waals surface area contributed by atoms with Gasteiger partial charge in [-0.25, -0.2) is 8.78 Å². The van der Waals surface area contributed by atoms with E-state index in [2.05, 4.69) is 12.2 Å². The highest BCUT2D eigenvalue weighted by Gasteiger charge is 2.14. The first-order valence-corrected chi connectivity index (χ1v) is 6.79. The zero-order chi connectivity index (χ0) is 13.4. The predicted molar refractivity (Wildman–Crippen MR) is 71.7 cm³/mol. The van der Waals surface area contributed by atoms with E-state index in [1.54, 1.807) is 0 Å². The van der Waals surface area contributed by atoms with Crippen LogP contribution in [0.4, 0.5) is 8.78 Å². The molecular weight excluding hydrogens is 232 g/mol. The van der Waals surface area contributed by atoms with Crippen molar-refractivity contribution in [2.75, 3.05) is 7.05 Å². The van der Waals surface area contributed by atoms with Crippen molar-refractivity contribution in [1.82, 2.24) is 5.32 Å². The molecule has 1 aromatic rings. The first kappa shape index (κ1) is 15.1. The van der Waals surface area contributed by atoms with E-state index in [4.69, 9.17) is 0 Å². The lowest BCUT2D eigenvalue weighted by Crippen LogP contribution is -2.28. The molecule has 102 valence electrons. The van der Waals surface area contributed by atoms with Crippen molar-refractivity contribution in [2.45, 2.75) is 51.5 Å². The van der Waals surface area contributed by atoms with Crippen LogP contribution >= 0.6 is 0 Å². The number of rotatable bonds is 8. The van der Waals surface area contributed by atoms with Gasteiger partial charge in [0, 0.05) is 11.6 Å². The van der Waals surface area contributed by atoms with Gasteiger partial charge in [0.1, 0.15) is 11.6 Å². The van der Waals surface area contributed by atoms with E-state index in [0.29, 0.717) is 6.42 Å². The van der Waals surface area contributed by atoms with Crippen LogP contribution in [0, 0.1) is 11.6 Å². The second-order valence-corrected chi connectivity index (χ2v) is 4.74. The number of unbranched alkanes of at least 4 members (excludes halogenated alkanes) is 3. The first-order chi connectivity index (χ1) is 8.69. The summed E-state index contributed by atoms with van der Waals surface area (Å²) in [6.45, 7) is 2.17. The molecule has 1 atom stereocenters. The Labute approximate surface area is 109 Å². The molecule has 0 heterocycles. The van der Waals surface area contributed by atoms with Gasteiger partial charge in [-0.05, 0) is 32.0 Å². The number of hydrogen-bond donors (Lipinski definition) is 1. The number of hydrogen-bond acceptors (Lipinski definition) is 1. The van der Waals surface area contributed by atoms with Crippen LogP contribution in [0.15, 0.2) is 18.2 Å². The monoisotopic (exact) mass is 255 g/mol. The highest BCUT2D eigenvalue weighted by molar-refractivity contribution is 5.20. The lowest BCUT2D eigenvalue weighted by molar-refractivity contribution is 0.462. The van der Waals surface area contributed by atoms with E-state index < -0.39 is 11.6 Å². The average molecular weight is 255 g/mol. The van der Waals surface area contributed by atoms with Crippen molar-refractivity contribution >= 4 is 0 Å². The van der Waals surface area contributed by atoms with Gasteiger partial charge in [0.15, 0.2) is 0 Å². The second-order valence-electron chi connectivity index (χ2n) is 4.74. The highest BCUT2D eigenvalue weighted by Crippen LogP contribution is 2.16. The van der Waals surface area contributed by atoms with Crippen LogP contribution in [0.5, 0.6) is 0 Å². The van der Waals surface area contributed by atoms with E-state index in [1.165, 1.54) is 37.5 Å². The molecule has 0 saturated heterocycles. The Balaban J connectivity index is 2.52. The maximum Gasteiger partial charge on any atom is 0.129 e. The number of benzene rings is 1. The van der Waals surface area contributed by atoms with Crippen LogP contribution in [-0.2, 0) is 6.42 Å². The van der Waals surface area contributed by atoms with Crippen molar-refractivity contribution in [2.24, 2.45) is 0 Å². The maximum absolute atomic E-state index is 13.5. The molecule has 0 aliphatic rings. The lowest BCUT2D eigenvalue weighted by atomic mass is 9.99. The molecule has 18 heavy (non-hydrogen) atoms. The van der Waals surface area contributed by atoms with Crippen molar-refractivity contribution in [3.63, 3.8) is 0 Å². The topological polar surface area (TPSA) is 12.0 Å². The molecule has 1 rings (SSSR count). The number of nitrogens with one attached hydrogen (secondary N) is 1. The van der Waals surface area contributed by atoms with Gasteiger partial charge in [0.05, 0.1) is 0 Å². The van der Waals surface area contributed by atoms with Crippen molar-refractivity contribution in [3.8, 4) is 0 Å². The molecule has 1 aromatic carbocycles. The minimum absolute atomic E-state index is 0.147. The van der Waals surface area contributed by atoms with Gasteiger partial charge in [-0.1, -0.05) is 38.7 Å². The predicted octanol–water partition coefficient (Wildman–Crippen LogP) is 4.07. The Bertz CT molecular complexity index is 332. The highest BCUT2D eigenvalue weighted by atomic mass is 19.1. The Morgan fingerprint density at radius 1 is 1.11 bits per heavy atom. The van der Waals surface area contributed by atoms with Crippen LogP contribution in [0.3, 0.4) is 0 Å². The van der Waals surface area contributed by atoms with E-state index in [9.17, 15) is 8.78 Å². The van der Waals surface area contributed by atoms with Crippen molar-refractivity contribution in [1.29, 1.82) is 0 Å². The largest absolute Gasteiger partial charge is 0.317 e. The van der Waals surface area contributed by atoms with Crippen molar-refractivity contribution in [3.05, 3.63) is 35.4 Å². The minimum atomic E-state index is -0.441. The van der Waals surface area contributed by atoms with E-state index in [1.807, 2.05) is 7.05 Å². The van der Waals surface area contributed by atoms with E-state index in [0.717, 1.165) is 12.8 Å². The van der Waals surface area contributed by atoms with E-state index in [-0.39, 0.29) is 11.6 Å². The van der Waals surface area contributed by atoms with Gasteiger partial charge >= 0.3 is 0 Å². The molecule has 0 radical (unpaired) electrons. The van der Waals surface area contributed by atoms with E-state index >= 15 is 0 Å². The fraction of sp³-hybridized carbons (Fsp3) is 0.600. The molecule has 0 bridgehead atoms. The zero-order valence-corrected chi connectivity index (χ0v) is 11.3.